The van der Waals surface area contributed by atoms with Crippen LogP contribution < -0.4 is 5.43 Å². The Morgan fingerprint density at radius 3 is 2.18 bits per heavy atom. The Bertz CT molecular complexity index is 984. The lowest BCUT2D eigenvalue weighted by Crippen LogP contribution is -2.15. The maximum absolute atomic E-state index is 12.8. The summed E-state index contributed by atoms with van der Waals surface area (Å²) in [6, 6.07) is 11.0. The Hall–Kier alpha value is -3.68. The molecule has 2 aromatic heterocycles. The summed E-state index contributed by atoms with van der Waals surface area (Å²) < 4.78 is 11.9. The fourth-order valence-corrected chi connectivity index (χ4v) is 2.86. The molecule has 0 aliphatic carbocycles. The van der Waals surface area contributed by atoms with E-state index >= 15 is 0 Å². The first-order valence-corrected chi connectivity index (χ1v) is 8.58. The second-order valence-corrected chi connectivity index (χ2v) is 5.99. The van der Waals surface area contributed by atoms with Gasteiger partial charge in [-0.15, -0.1) is 0 Å². The molecule has 0 amide bonds. The summed E-state index contributed by atoms with van der Waals surface area (Å²) in [5.74, 6) is -0.912. The van der Waals surface area contributed by atoms with Crippen molar-refractivity contribution in [3.8, 4) is 0 Å². The van der Waals surface area contributed by atoms with Crippen molar-refractivity contribution in [1.82, 2.24) is 14.6 Å². The second-order valence-electron chi connectivity index (χ2n) is 5.99. The number of ether oxygens (including phenoxy) is 2. The zero-order valence-electron chi connectivity index (χ0n) is 15.8. The lowest BCUT2D eigenvalue weighted by atomic mass is 10.1. The van der Waals surface area contributed by atoms with E-state index in [2.05, 4.69) is 15.4 Å². The first-order chi connectivity index (χ1) is 13.5. The quantitative estimate of drug-likeness (QED) is 0.657. The van der Waals surface area contributed by atoms with E-state index in [-0.39, 0.29) is 17.7 Å². The molecule has 1 aromatic carbocycles. The Morgan fingerprint density at radius 1 is 0.964 bits per heavy atom. The molecule has 2 heterocycles. The van der Waals surface area contributed by atoms with Gasteiger partial charge in [0.2, 0.25) is 5.95 Å². The highest BCUT2D eigenvalue weighted by molar-refractivity contribution is 6.05. The van der Waals surface area contributed by atoms with Crippen molar-refractivity contribution in [3.05, 3.63) is 76.9 Å². The normalized spacial score (nSPS) is 10.4. The highest BCUT2D eigenvalue weighted by Crippen LogP contribution is 2.24. The molecule has 0 atom stereocenters. The van der Waals surface area contributed by atoms with E-state index in [1.165, 1.54) is 7.11 Å². The van der Waals surface area contributed by atoms with Crippen molar-refractivity contribution >= 4 is 17.9 Å². The Morgan fingerprint density at radius 2 is 1.57 bits per heavy atom. The number of hydrogen-bond donors (Lipinski definition) is 1. The predicted octanol–water partition coefficient (Wildman–Crippen LogP) is 2.91. The number of esters is 2. The average Bonchev–Trinajstić information content (AvgIpc) is 2.97. The Labute approximate surface area is 162 Å². The molecule has 0 saturated carbocycles. The third kappa shape index (κ3) is 3.85. The number of aromatic nitrogens is 3. The van der Waals surface area contributed by atoms with Crippen LogP contribution in [0.1, 0.15) is 37.7 Å². The number of benzene rings is 1. The first kappa shape index (κ1) is 19.1. The molecule has 0 bridgehead atoms. The standard InChI is InChI=1S/C20H20N4O4/c1-13-16(18(25)27-3)17(19(26)28-12-15-8-5-4-6-9-15)14(2)24(13)23-20-21-10-7-11-22-20/h4-11H,12H2,1-3H3,(H,21,22,23). The molecule has 8 nitrogen and oxygen atoms in total. The molecule has 0 radical (unpaired) electrons. The van der Waals surface area contributed by atoms with E-state index in [9.17, 15) is 9.59 Å². The van der Waals surface area contributed by atoms with Gasteiger partial charge < -0.3 is 9.47 Å². The van der Waals surface area contributed by atoms with Crippen LogP contribution in [-0.4, -0.2) is 33.7 Å². The molecular formula is C20H20N4O4. The van der Waals surface area contributed by atoms with E-state index in [1.54, 1.807) is 37.0 Å². The Kier molecular flexibility index (Phi) is 5.69. The highest BCUT2D eigenvalue weighted by Gasteiger charge is 2.29. The number of rotatable bonds is 6. The highest BCUT2D eigenvalue weighted by atomic mass is 16.5. The first-order valence-electron chi connectivity index (χ1n) is 8.58. The van der Waals surface area contributed by atoms with Crippen LogP contribution in [0, 0.1) is 13.8 Å². The zero-order valence-corrected chi connectivity index (χ0v) is 15.8. The maximum Gasteiger partial charge on any atom is 0.341 e. The van der Waals surface area contributed by atoms with E-state index in [4.69, 9.17) is 9.47 Å². The number of hydrogen-bond acceptors (Lipinski definition) is 7. The third-order valence-corrected chi connectivity index (χ3v) is 4.23. The van der Waals surface area contributed by atoms with Gasteiger partial charge in [0.15, 0.2) is 0 Å². The van der Waals surface area contributed by atoms with Crippen LogP contribution in [0.3, 0.4) is 0 Å². The molecule has 3 aromatic rings. The minimum Gasteiger partial charge on any atom is -0.465 e. The van der Waals surface area contributed by atoms with Crippen LogP contribution in [0.15, 0.2) is 48.8 Å². The van der Waals surface area contributed by atoms with Gasteiger partial charge in [-0.3, -0.25) is 10.1 Å². The summed E-state index contributed by atoms with van der Waals surface area (Å²) in [6.07, 6.45) is 3.17. The van der Waals surface area contributed by atoms with Gasteiger partial charge in [0.1, 0.15) is 6.61 Å². The minimum atomic E-state index is -0.623. The van der Waals surface area contributed by atoms with Crippen LogP contribution >= 0.6 is 0 Å². The third-order valence-electron chi connectivity index (χ3n) is 4.23. The van der Waals surface area contributed by atoms with Gasteiger partial charge >= 0.3 is 11.9 Å². The second kappa shape index (κ2) is 8.34. The van der Waals surface area contributed by atoms with Gasteiger partial charge in [-0.1, -0.05) is 30.3 Å². The van der Waals surface area contributed by atoms with E-state index in [0.29, 0.717) is 17.3 Å². The fourth-order valence-electron chi connectivity index (χ4n) is 2.86. The summed E-state index contributed by atoms with van der Waals surface area (Å²) in [7, 11) is 1.27. The largest absolute Gasteiger partial charge is 0.465 e. The van der Waals surface area contributed by atoms with Gasteiger partial charge in [-0.2, -0.15) is 0 Å². The van der Waals surface area contributed by atoms with Gasteiger partial charge in [-0.25, -0.2) is 19.6 Å². The minimum absolute atomic E-state index is 0.0964. The van der Waals surface area contributed by atoms with Crippen molar-refractivity contribution in [3.63, 3.8) is 0 Å². The monoisotopic (exact) mass is 380 g/mol. The number of carbonyl (C=O) groups excluding carboxylic acids is 2. The summed E-state index contributed by atoms with van der Waals surface area (Å²) in [5, 5.41) is 0. The van der Waals surface area contributed by atoms with Crippen molar-refractivity contribution in [2.45, 2.75) is 20.5 Å². The molecule has 0 spiro atoms. The van der Waals surface area contributed by atoms with Crippen molar-refractivity contribution in [2.24, 2.45) is 0 Å². The van der Waals surface area contributed by atoms with E-state index in [0.717, 1.165) is 5.56 Å². The zero-order chi connectivity index (χ0) is 20.1. The van der Waals surface area contributed by atoms with Gasteiger partial charge in [0, 0.05) is 12.4 Å². The molecule has 0 aliphatic heterocycles. The average molecular weight is 380 g/mol. The lowest BCUT2D eigenvalue weighted by molar-refractivity contribution is 0.0457. The van der Waals surface area contributed by atoms with Crippen molar-refractivity contribution in [1.29, 1.82) is 0 Å². The van der Waals surface area contributed by atoms with Crippen LogP contribution in [-0.2, 0) is 16.1 Å². The molecule has 3 rings (SSSR count). The van der Waals surface area contributed by atoms with Crippen LogP contribution in [0.5, 0.6) is 0 Å². The smallest absolute Gasteiger partial charge is 0.341 e. The molecule has 0 aliphatic rings. The molecular weight excluding hydrogens is 360 g/mol. The maximum atomic E-state index is 12.8. The fraction of sp³-hybridized carbons (Fsp3) is 0.200. The predicted molar refractivity (Wildman–Crippen MR) is 102 cm³/mol. The van der Waals surface area contributed by atoms with E-state index < -0.39 is 11.9 Å². The topological polar surface area (TPSA) is 95.3 Å². The molecule has 1 N–H and O–H groups in total. The number of methoxy groups -OCH3 is 1. The molecule has 0 unspecified atom stereocenters. The summed E-state index contributed by atoms with van der Waals surface area (Å²) in [5.41, 5.74) is 5.10. The molecule has 28 heavy (non-hydrogen) atoms. The van der Waals surface area contributed by atoms with Crippen LogP contribution in [0.25, 0.3) is 0 Å². The van der Waals surface area contributed by atoms with Crippen molar-refractivity contribution < 1.29 is 19.1 Å². The van der Waals surface area contributed by atoms with Crippen LogP contribution in [0.4, 0.5) is 5.95 Å². The number of nitrogens with zero attached hydrogens (tertiary/aromatic N) is 3. The molecule has 0 saturated heterocycles. The van der Waals surface area contributed by atoms with Gasteiger partial charge in [0.25, 0.3) is 0 Å². The van der Waals surface area contributed by atoms with Gasteiger partial charge in [0.05, 0.1) is 29.6 Å². The number of carbonyl (C=O) groups is 2. The lowest BCUT2D eigenvalue weighted by Gasteiger charge is -2.11. The SMILES string of the molecule is COC(=O)c1c(C(=O)OCc2ccccc2)c(C)n(Nc2ncccn2)c1C. The molecule has 8 heteroatoms. The summed E-state index contributed by atoms with van der Waals surface area (Å²) >= 11 is 0. The number of nitrogens with one attached hydrogen (secondary N) is 1. The Balaban J connectivity index is 1.95. The molecule has 0 fully saturated rings. The van der Waals surface area contributed by atoms with E-state index in [1.807, 2.05) is 30.3 Å². The number of anilines is 1. The van der Waals surface area contributed by atoms with Crippen LogP contribution in [0.2, 0.25) is 0 Å². The molecule has 144 valence electrons. The van der Waals surface area contributed by atoms with Gasteiger partial charge in [-0.05, 0) is 25.5 Å². The summed E-state index contributed by atoms with van der Waals surface area (Å²) in [6.45, 7) is 3.50. The summed E-state index contributed by atoms with van der Waals surface area (Å²) in [4.78, 5) is 33.4. The van der Waals surface area contributed by atoms with Crippen molar-refractivity contribution in [2.75, 3.05) is 12.5 Å².